The lowest BCUT2D eigenvalue weighted by molar-refractivity contribution is 0.386. The Morgan fingerprint density at radius 1 is 1.50 bits per heavy atom. The molecular weight excluding hydrogens is 296 g/mol. The lowest BCUT2D eigenvalue weighted by atomic mass is 10.2. The van der Waals surface area contributed by atoms with Crippen LogP contribution in [0.25, 0.3) is 0 Å². The molecule has 0 aliphatic carbocycles. The van der Waals surface area contributed by atoms with Crippen LogP contribution in [0.2, 0.25) is 0 Å². The van der Waals surface area contributed by atoms with E-state index in [0.29, 0.717) is 12.3 Å². The van der Waals surface area contributed by atoms with Crippen LogP contribution >= 0.6 is 22.6 Å². The highest BCUT2D eigenvalue weighted by molar-refractivity contribution is 14.1. The average Bonchev–Trinajstić information content (AvgIpc) is 2.18. The van der Waals surface area contributed by atoms with Gasteiger partial charge in [0.05, 0.1) is 7.11 Å². The van der Waals surface area contributed by atoms with Gasteiger partial charge in [0.2, 0.25) is 0 Å². The van der Waals surface area contributed by atoms with Gasteiger partial charge in [0.25, 0.3) is 0 Å². The number of methoxy groups -OCH3 is 1. The van der Waals surface area contributed by atoms with Gasteiger partial charge in [-0.15, -0.1) is 0 Å². The molecule has 2 nitrogen and oxygen atoms in total. The van der Waals surface area contributed by atoms with E-state index in [-0.39, 0.29) is 5.82 Å². The molecule has 0 aliphatic rings. The third kappa shape index (κ3) is 3.42. The van der Waals surface area contributed by atoms with E-state index in [9.17, 15) is 4.39 Å². The fourth-order valence-electron chi connectivity index (χ4n) is 1.12. The van der Waals surface area contributed by atoms with Crippen LogP contribution in [0.5, 0.6) is 5.75 Å². The van der Waals surface area contributed by atoms with E-state index in [2.05, 4.69) is 27.9 Å². The van der Waals surface area contributed by atoms with Crippen molar-refractivity contribution >= 4 is 22.6 Å². The maximum Gasteiger partial charge on any atom is 0.165 e. The van der Waals surface area contributed by atoms with E-state index in [1.807, 2.05) is 6.07 Å². The zero-order valence-corrected chi connectivity index (χ0v) is 10.2. The van der Waals surface area contributed by atoms with E-state index in [0.717, 1.165) is 16.5 Å². The minimum atomic E-state index is -0.304. The van der Waals surface area contributed by atoms with Crippen LogP contribution in [-0.2, 0) is 6.54 Å². The molecule has 0 amide bonds. The largest absolute Gasteiger partial charge is 0.494 e. The van der Waals surface area contributed by atoms with Crippen molar-refractivity contribution in [1.82, 2.24) is 5.32 Å². The van der Waals surface area contributed by atoms with Gasteiger partial charge < -0.3 is 10.1 Å². The van der Waals surface area contributed by atoms with Crippen LogP contribution in [0.4, 0.5) is 4.39 Å². The normalized spacial score (nSPS) is 10.2. The predicted molar refractivity (Wildman–Crippen MR) is 63.5 cm³/mol. The molecule has 78 valence electrons. The number of halogens is 2. The van der Waals surface area contributed by atoms with Gasteiger partial charge in [-0.25, -0.2) is 4.39 Å². The molecular formula is C10H13FINO. The van der Waals surface area contributed by atoms with Crippen LogP contribution in [0.15, 0.2) is 18.2 Å². The van der Waals surface area contributed by atoms with Crippen LogP contribution in [-0.4, -0.2) is 18.1 Å². The summed E-state index contributed by atoms with van der Waals surface area (Å²) in [5, 5.41) is 3.20. The smallest absolute Gasteiger partial charge is 0.165 e. The van der Waals surface area contributed by atoms with Crippen molar-refractivity contribution in [2.24, 2.45) is 0 Å². The Morgan fingerprint density at radius 3 is 2.86 bits per heavy atom. The Kier molecular flexibility index (Phi) is 5.17. The van der Waals surface area contributed by atoms with Gasteiger partial charge in [-0.05, 0) is 17.7 Å². The molecule has 0 spiro atoms. The molecule has 1 aromatic rings. The van der Waals surface area contributed by atoms with Gasteiger partial charge in [0.1, 0.15) is 0 Å². The highest BCUT2D eigenvalue weighted by atomic mass is 127. The number of hydrogen-bond donors (Lipinski definition) is 1. The summed E-state index contributed by atoms with van der Waals surface area (Å²) < 4.78 is 19.1. The van der Waals surface area contributed by atoms with Gasteiger partial charge in [-0.3, -0.25) is 0 Å². The average molecular weight is 309 g/mol. The Bertz CT molecular complexity index is 293. The summed E-state index contributed by atoms with van der Waals surface area (Å²) in [6.45, 7) is 1.64. The highest BCUT2D eigenvalue weighted by Gasteiger charge is 2.02. The summed E-state index contributed by atoms with van der Waals surface area (Å²) >= 11 is 2.29. The Hall–Kier alpha value is -0.360. The Morgan fingerprint density at radius 2 is 2.29 bits per heavy atom. The number of nitrogens with one attached hydrogen (secondary N) is 1. The monoisotopic (exact) mass is 309 g/mol. The summed E-state index contributed by atoms with van der Waals surface area (Å²) in [5.74, 6) is -0.0103. The van der Waals surface area contributed by atoms with Crippen molar-refractivity contribution in [3.8, 4) is 5.75 Å². The molecule has 1 aromatic carbocycles. The lowest BCUT2D eigenvalue weighted by Crippen LogP contribution is -2.15. The van der Waals surface area contributed by atoms with Gasteiger partial charge >= 0.3 is 0 Å². The van der Waals surface area contributed by atoms with Crippen molar-refractivity contribution in [2.45, 2.75) is 6.54 Å². The van der Waals surface area contributed by atoms with Crippen molar-refractivity contribution in [3.05, 3.63) is 29.6 Å². The maximum absolute atomic E-state index is 13.2. The first-order valence-electron chi connectivity index (χ1n) is 4.37. The summed E-state index contributed by atoms with van der Waals surface area (Å²) in [6.07, 6.45) is 0. The number of hydrogen-bond acceptors (Lipinski definition) is 2. The number of alkyl halides is 1. The predicted octanol–water partition coefficient (Wildman–Crippen LogP) is 2.36. The minimum Gasteiger partial charge on any atom is -0.494 e. The van der Waals surface area contributed by atoms with Gasteiger partial charge in [-0.1, -0.05) is 28.7 Å². The SMILES string of the molecule is COc1ccc(CNCCI)cc1F. The van der Waals surface area contributed by atoms with Gasteiger partial charge in [0, 0.05) is 17.5 Å². The van der Waals surface area contributed by atoms with Crippen molar-refractivity contribution in [3.63, 3.8) is 0 Å². The minimum absolute atomic E-state index is 0.294. The fourth-order valence-corrected chi connectivity index (χ4v) is 1.50. The molecule has 0 saturated carbocycles. The molecule has 0 aliphatic heterocycles. The van der Waals surface area contributed by atoms with Crippen LogP contribution in [0.3, 0.4) is 0 Å². The molecule has 0 unspecified atom stereocenters. The molecule has 0 radical (unpaired) electrons. The van der Waals surface area contributed by atoms with Gasteiger partial charge in [0.15, 0.2) is 11.6 Å². The second kappa shape index (κ2) is 6.19. The summed E-state index contributed by atoms with van der Waals surface area (Å²) in [5.41, 5.74) is 0.938. The van der Waals surface area contributed by atoms with Crippen LogP contribution in [0.1, 0.15) is 5.56 Å². The second-order valence-corrected chi connectivity index (χ2v) is 3.91. The first-order valence-corrected chi connectivity index (χ1v) is 5.89. The third-order valence-corrected chi connectivity index (χ3v) is 2.36. The lowest BCUT2D eigenvalue weighted by Gasteiger charge is -2.05. The van der Waals surface area contributed by atoms with Gasteiger partial charge in [-0.2, -0.15) is 0 Å². The number of rotatable bonds is 5. The summed E-state index contributed by atoms with van der Waals surface area (Å²) in [4.78, 5) is 0. The first kappa shape index (κ1) is 11.7. The van der Waals surface area contributed by atoms with E-state index >= 15 is 0 Å². The third-order valence-electron chi connectivity index (χ3n) is 1.82. The standard InChI is InChI=1S/C10H13FINO/c1-14-10-3-2-8(6-9(10)11)7-13-5-4-12/h2-3,6,13H,4-5,7H2,1H3. The number of ether oxygens (including phenoxy) is 1. The molecule has 0 bridgehead atoms. The molecule has 1 rings (SSSR count). The van der Waals surface area contributed by atoms with E-state index in [1.54, 1.807) is 6.07 Å². The molecule has 0 fully saturated rings. The first-order chi connectivity index (χ1) is 6.77. The molecule has 0 aromatic heterocycles. The van der Waals surface area contributed by atoms with Crippen LogP contribution in [0, 0.1) is 5.82 Å². The summed E-state index contributed by atoms with van der Waals surface area (Å²) in [6, 6.07) is 5.01. The van der Waals surface area contributed by atoms with E-state index < -0.39 is 0 Å². The van der Waals surface area contributed by atoms with E-state index in [4.69, 9.17) is 4.74 Å². The maximum atomic E-state index is 13.2. The molecule has 0 saturated heterocycles. The zero-order chi connectivity index (χ0) is 10.4. The van der Waals surface area contributed by atoms with Crippen molar-refractivity contribution in [1.29, 1.82) is 0 Å². The molecule has 1 N–H and O–H groups in total. The topological polar surface area (TPSA) is 21.3 Å². The van der Waals surface area contributed by atoms with Crippen molar-refractivity contribution < 1.29 is 9.13 Å². The van der Waals surface area contributed by atoms with Crippen molar-refractivity contribution in [2.75, 3.05) is 18.1 Å². The molecule has 4 heteroatoms. The van der Waals surface area contributed by atoms with Crippen LogP contribution < -0.4 is 10.1 Å². The highest BCUT2D eigenvalue weighted by Crippen LogP contribution is 2.17. The number of benzene rings is 1. The summed E-state index contributed by atoms with van der Waals surface area (Å²) in [7, 11) is 1.46. The molecule has 0 atom stereocenters. The second-order valence-electron chi connectivity index (χ2n) is 2.83. The Balaban J connectivity index is 2.57. The Labute approximate surface area is 97.0 Å². The molecule has 14 heavy (non-hydrogen) atoms. The zero-order valence-electron chi connectivity index (χ0n) is 8.02. The van der Waals surface area contributed by atoms with E-state index in [1.165, 1.54) is 13.2 Å². The molecule has 0 heterocycles. The fraction of sp³-hybridized carbons (Fsp3) is 0.400. The quantitative estimate of drug-likeness (QED) is 0.512.